The van der Waals surface area contributed by atoms with E-state index < -0.39 is 0 Å². The predicted molar refractivity (Wildman–Crippen MR) is 227 cm³/mol. The zero-order valence-electron chi connectivity index (χ0n) is 33.4. The summed E-state index contributed by atoms with van der Waals surface area (Å²) in [6.45, 7) is 6.08. The maximum Gasteiger partial charge on any atom is 0.135 e. The molecule has 0 heterocycles. The Morgan fingerprint density at radius 2 is 0.647 bits per heavy atom. The van der Waals surface area contributed by atoms with Crippen molar-refractivity contribution in [1.29, 1.82) is 0 Å². The largest absolute Gasteiger partial charge is 0.492 e. The number of rotatable bonds is 34. The van der Waals surface area contributed by atoms with Gasteiger partial charge in [0.25, 0.3) is 0 Å². The van der Waals surface area contributed by atoms with E-state index in [0.29, 0.717) is 0 Å². The summed E-state index contributed by atoms with van der Waals surface area (Å²) in [6, 6.07) is 14.7. The average molecular weight is 722 g/mol. The summed E-state index contributed by atoms with van der Waals surface area (Å²) in [5.74, 6) is 1.93. The Balaban J connectivity index is 1.33. The summed E-state index contributed by atoms with van der Waals surface area (Å²) in [4.78, 5) is 0. The monoisotopic (exact) mass is 721 g/mol. The average Bonchev–Trinajstić information content (AvgIpc) is 3.14. The van der Waals surface area contributed by atoms with Gasteiger partial charge in [0.1, 0.15) is 11.5 Å². The van der Waals surface area contributed by atoms with E-state index in [1.807, 2.05) is 6.07 Å². The molecular weight excluding hydrogens is 644 g/mol. The van der Waals surface area contributed by atoms with Crippen LogP contribution < -0.4 is 9.47 Å². The molecule has 0 atom stereocenters. The molecule has 3 heteroatoms. The minimum Gasteiger partial charge on any atom is -0.492 e. The van der Waals surface area contributed by atoms with Crippen molar-refractivity contribution in [3.63, 3.8) is 0 Å². The number of halogens is 1. The van der Waals surface area contributed by atoms with E-state index in [4.69, 9.17) is 21.1 Å². The lowest BCUT2D eigenvalue weighted by molar-refractivity contribution is 0.306. The molecule has 0 aromatic heterocycles. The van der Waals surface area contributed by atoms with Gasteiger partial charge in [0.05, 0.1) is 13.2 Å². The number of hydrogen-bond donors (Lipinski definition) is 0. The summed E-state index contributed by atoms with van der Waals surface area (Å²) in [6.07, 6.45) is 41.1. The third-order valence-electron chi connectivity index (χ3n) is 10.9. The normalized spacial score (nSPS) is 11.6. The molecule has 2 nitrogen and oxygen atoms in total. The Hall–Kier alpha value is -1.93. The Bertz CT molecular complexity index is 1270. The van der Waals surface area contributed by atoms with Crippen molar-refractivity contribution in [2.24, 2.45) is 0 Å². The first-order valence-electron chi connectivity index (χ1n) is 22.2. The predicted octanol–water partition coefficient (Wildman–Crippen LogP) is 17.1. The molecule has 0 aliphatic carbocycles. The van der Waals surface area contributed by atoms with Gasteiger partial charge in [-0.25, -0.2) is 0 Å². The van der Waals surface area contributed by atoms with Crippen LogP contribution in [0.5, 0.6) is 11.5 Å². The zero-order valence-corrected chi connectivity index (χ0v) is 34.1. The molecular formula is C48H77ClO2. The molecule has 3 aromatic carbocycles. The molecule has 0 aliphatic heterocycles. The van der Waals surface area contributed by atoms with Crippen molar-refractivity contribution in [2.75, 3.05) is 13.2 Å². The topological polar surface area (TPSA) is 18.5 Å². The van der Waals surface area contributed by atoms with Gasteiger partial charge in [-0.15, -0.1) is 0 Å². The van der Waals surface area contributed by atoms with Crippen molar-refractivity contribution in [1.82, 2.24) is 0 Å². The second-order valence-corrected chi connectivity index (χ2v) is 15.9. The first kappa shape index (κ1) is 43.5. The van der Waals surface area contributed by atoms with Gasteiger partial charge in [0.2, 0.25) is 0 Å². The minimum absolute atomic E-state index is 0.739. The molecule has 0 saturated heterocycles. The first-order valence-corrected chi connectivity index (χ1v) is 22.5. The van der Waals surface area contributed by atoms with Crippen LogP contribution in [-0.2, 0) is 0 Å². The molecule has 0 radical (unpaired) electrons. The number of hydrogen-bond acceptors (Lipinski definition) is 2. The van der Waals surface area contributed by atoms with Crippen molar-refractivity contribution in [2.45, 2.75) is 206 Å². The van der Waals surface area contributed by atoms with Crippen LogP contribution in [0.2, 0.25) is 5.02 Å². The van der Waals surface area contributed by atoms with Crippen LogP contribution >= 0.6 is 11.6 Å². The van der Waals surface area contributed by atoms with Crippen LogP contribution in [0.4, 0.5) is 0 Å². The van der Waals surface area contributed by atoms with Crippen LogP contribution in [0.25, 0.3) is 21.5 Å². The van der Waals surface area contributed by atoms with E-state index in [0.717, 1.165) is 64.1 Å². The van der Waals surface area contributed by atoms with Crippen LogP contribution in [0, 0.1) is 0 Å². The summed E-state index contributed by atoms with van der Waals surface area (Å²) in [5.41, 5.74) is 0. The van der Waals surface area contributed by atoms with Gasteiger partial charge in [0, 0.05) is 26.6 Å². The van der Waals surface area contributed by atoms with Crippen molar-refractivity contribution in [3.8, 4) is 11.5 Å². The summed E-state index contributed by atoms with van der Waals surface area (Å²) < 4.78 is 13.2. The summed E-state index contributed by atoms with van der Waals surface area (Å²) in [7, 11) is 0. The van der Waals surface area contributed by atoms with Crippen molar-refractivity contribution in [3.05, 3.63) is 47.5 Å². The van der Waals surface area contributed by atoms with Gasteiger partial charge in [0.15, 0.2) is 0 Å². The van der Waals surface area contributed by atoms with Crippen molar-refractivity contribution < 1.29 is 9.47 Å². The van der Waals surface area contributed by atoms with Gasteiger partial charge in [-0.2, -0.15) is 0 Å². The van der Waals surface area contributed by atoms with Gasteiger partial charge >= 0.3 is 0 Å². The third-order valence-corrected chi connectivity index (χ3v) is 11.1. The Kier molecular flexibility index (Phi) is 25.2. The van der Waals surface area contributed by atoms with Crippen LogP contribution in [0.1, 0.15) is 206 Å². The number of benzene rings is 3. The molecule has 3 rings (SSSR count). The third kappa shape index (κ3) is 18.6. The molecule has 0 spiro atoms. The Morgan fingerprint density at radius 1 is 0.353 bits per heavy atom. The molecule has 0 saturated carbocycles. The lowest BCUT2D eigenvalue weighted by Gasteiger charge is -2.18. The number of unbranched alkanes of at least 4 members (excludes halogenated alkanes) is 28. The highest BCUT2D eigenvalue weighted by Gasteiger charge is 2.16. The molecule has 0 N–H and O–H groups in total. The zero-order chi connectivity index (χ0) is 36.0. The van der Waals surface area contributed by atoms with Crippen LogP contribution in [-0.4, -0.2) is 13.2 Å². The maximum atomic E-state index is 6.58. The number of ether oxygens (including phenoxy) is 2. The van der Waals surface area contributed by atoms with E-state index in [-0.39, 0.29) is 0 Å². The van der Waals surface area contributed by atoms with E-state index in [2.05, 4.69) is 50.2 Å². The summed E-state index contributed by atoms with van der Waals surface area (Å²) in [5, 5.41) is 5.17. The second-order valence-electron chi connectivity index (χ2n) is 15.5. The molecule has 0 bridgehead atoms. The van der Waals surface area contributed by atoms with E-state index >= 15 is 0 Å². The fraction of sp³-hybridized carbons (Fsp3) is 0.708. The molecule has 3 aromatic rings. The molecule has 0 aliphatic rings. The quantitative estimate of drug-likeness (QED) is 0.0452. The SMILES string of the molecule is CCCCCCCCCCCCCCCCCOc1c2ccccc2c(OCCCCCCCCCCCCCCCCC)c2cc(Cl)ccc12. The highest BCUT2D eigenvalue weighted by molar-refractivity contribution is 6.31. The lowest BCUT2D eigenvalue weighted by Crippen LogP contribution is -2.02. The van der Waals surface area contributed by atoms with Gasteiger partial charge in [-0.05, 0) is 31.0 Å². The molecule has 0 fully saturated rings. The molecule has 0 amide bonds. The second kappa shape index (κ2) is 29.5. The van der Waals surface area contributed by atoms with Gasteiger partial charge < -0.3 is 9.47 Å². The van der Waals surface area contributed by atoms with Crippen molar-refractivity contribution >= 4 is 33.1 Å². The van der Waals surface area contributed by atoms with E-state index in [9.17, 15) is 0 Å². The Morgan fingerprint density at radius 3 is 1.00 bits per heavy atom. The molecule has 51 heavy (non-hydrogen) atoms. The smallest absolute Gasteiger partial charge is 0.135 e. The van der Waals surface area contributed by atoms with Crippen LogP contribution in [0.3, 0.4) is 0 Å². The standard InChI is InChI=1S/C48H77ClO2/c1-3-5-7-9-11-13-15-17-19-21-23-25-27-29-33-39-50-47-43-35-31-32-36-44(43)48(46-41-42(49)37-38-45(46)47)51-40-34-30-28-26-24-22-20-18-16-14-12-10-8-6-4-2/h31-32,35-38,41H,3-30,33-34,39-40H2,1-2H3. The van der Waals surface area contributed by atoms with E-state index in [1.54, 1.807) is 0 Å². The lowest BCUT2D eigenvalue weighted by atomic mass is 10.0. The fourth-order valence-corrected chi connectivity index (χ4v) is 7.85. The highest BCUT2D eigenvalue weighted by Crippen LogP contribution is 2.43. The number of fused-ring (bicyclic) bond motifs is 2. The maximum absolute atomic E-state index is 6.58. The Labute approximate surface area is 320 Å². The highest BCUT2D eigenvalue weighted by atomic mass is 35.5. The van der Waals surface area contributed by atoms with Crippen LogP contribution in [0.15, 0.2) is 42.5 Å². The summed E-state index contributed by atoms with van der Waals surface area (Å²) >= 11 is 6.55. The van der Waals surface area contributed by atoms with E-state index in [1.165, 1.54) is 180 Å². The van der Waals surface area contributed by atoms with Gasteiger partial charge in [-0.3, -0.25) is 0 Å². The van der Waals surface area contributed by atoms with Gasteiger partial charge in [-0.1, -0.05) is 229 Å². The molecule has 0 unspecified atom stereocenters. The molecule has 288 valence electrons. The fourth-order valence-electron chi connectivity index (χ4n) is 7.68. The minimum atomic E-state index is 0.739. The first-order chi connectivity index (χ1) is 25.3.